The molecule has 11 heavy (non-hydrogen) atoms. The van der Waals surface area contributed by atoms with Gasteiger partial charge in [0.2, 0.25) is 0 Å². The van der Waals surface area contributed by atoms with Crippen molar-refractivity contribution >= 4 is 0 Å². The van der Waals surface area contributed by atoms with Crippen molar-refractivity contribution in [2.24, 2.45) is 5.29 Å². The molecule has 0 bridgehead atoms. The Labute approximate surface area is 64.8 Å². The van der Waals surface area contributed by atoms with E-state index >= 15 is 0 Å². The second kappa shape index (κ2) is 3.65. The van der Waals surface area contributed by atoms with E-state index in [1.54, 1.807) is 13.2 Å². The second-order valence-corrected chi connectivity index (χ2v) is 2.22. The molecule has 0 atom stereocenters. The monoisotopic (exact) mass is 151 g/mol. The zero-order valence-corrected chi connectivity index (χ0v) is 6.27. The lowest BCUT2D eigenvalue weighted by molar-refractivity contribution is 0.337. The lowest BCUT2D eigenvalue weighted by Gasteiger charge is -2.05. The van der Waals surface area contributed by atoms with Crippen LogP contribution >= 0.6 is 0 Å². The molecule has 4 nitrogen and oxygen atoms in total. The summed E-state index contributed by atoms with van der Waals surface area (Å²) >= 11 is 0. The number of rotatable bonds is 3. The van der Waals surface area contributed by atoms with Crippen LogP contribution in [0.25, 0.3) is 0 Å². The first-order chi connectivity index (χ1) is 5.33. The van der Waals surface area contributed by atoms with Gasteiger partial charge in [-0.15, -0.1) is 4.91 Å². The van der Waals surface area contributed by atoms with E-state index in [0.717, 1.165) is 5.69 Å². The van der Waals surface area contributed by atoms with Crippen LogP contribution in [0.5, 0.6) is 0 Å². The van der Waals surface area contributed by atoms with E-state index in [-0.39, 0.29) is 0 Å². The molecule has 1 rings (SSSR count). The summed E-state index contributed by atoms with van der Waals surface area (Å²) in [5.74, 6) is 0. The van der Waals surface area contributed by atoms with Crippen molar-refractivity contribution in [2.45, 2.75) is 6.54 Å². The molecule has 0 aliphatic rings. The topological polar surface area (TPSA) is 45.6 Å². The van der Waals surface area contributed by atoms with E-state index in [1.807, 2.05) is 18.2 Å². The summed E-state index contributed by atoms with van der Waals surface area (Å²) in [6.07, 6.45) is 1.69. The quantitative estimate of drug-likeness (QED) is 0.481. The van der Waals surface area contributed by atoms with Gasteiger partial charge in [-0.05, 0) is 12.1 Å². The third kappa shape index (κ3) is 2.33. The van der Waals surface area contributed by atoms with Gasteiger partial charge in [-0.25, -0.2) is 0 Å². The lowest BCUT2D eigenvalue weighted by Crippen LogP contribution is -2.09. The first-order valence-corrected chi connectivity index (χ1v) is 3.27. The predicted molar refractivity (Wildman–Crippen MR) is 41.5 cm³/mol. The van der Waals surface area contributed by atoms with Crippen LogP contribution in [0.15, 0.2) is 29.7 Å². The molecule has 1 aromatic heterocycles. The number of hydrogen-bond donors (Lipinski definition) is 0. The van der Waals surface area contributed by atoms with Crippen molar-refractivity contribution in [3.05, 3.63) is 35.0 Å². The third-order valence-corrected chi connectivity index (χ3v) is 1.26. The Morgan fingerprint density at radius 3 is 3.00 bits per heavy atom. The van der Waals surface area contributed by atoms with Crippen LogP contribution < -0.4 is 0 Å². The van der Waals surface area contributed by atoms with Gasteiger partial charge in [0.25, 0.3) is 0 Å². The molecule has 0 aromatic carbocycles. The van der Waals surface area contributed by atoms with Gasteiger partial charge >= 0.3 is 0 Å². The van der Waals surface area contributed by atoms with Gasteiger partial charge in [-0.1, -0.05) is 6.07 Å². The number of nitroso groups, excluding NO2 is 1. The molecule has 0 aliphatic carbocycles. The highest BCUT2D eigenvalue weighted by atomic mass is 16.3. The summed E-state index contributed by atoms with van der Waals surface area (Å²) < 4.78 is 0. The SMILES string of the molecule is CN(Cc1ccccn1)N=O. The van der Waals surface area contributed by atoms with Crippen LogP contribution in [0.2, 0.25) is 0 Å². The van der Waals surface area contributed by atoms with Crippen LogP contribution in [-0.4, -0.2) is 17.0 Å². The molecule has 0 radical (unpaired) electrons. The summed E-state index contributed by atoms with van der Waals surface area (Å²) in [5, 5.41) is 4.02. The van der Waals surface area contributed by atoms with Crippen molar-refractivity contribution in [3.8, 4) is 0 Å². The van der Waals surface area contributed by atoms with E-state index in [2.05, 4.69) is 10.3 Å². The van der Waals surface area contributed by atoms with Gasteiger partial charge < -0.3 is 0 Å². The normalized spacial score (nSPS) is 9.18. The maximum absolute atomic E-state index is 9.96. The van der Waals surface area contributed by atoms with Crippen molar-refractivity contribution in [1.82, 2.24) is 9.99 Å². The van der Waals surface area contributed by atoms with Gasteiger partial charge in [0.1, 0.15) is 0 Å². The Bertz CT molecular complexity index is 224. The van der Waals surface area contributed by atoms with Crippen LogP contribution in [0, 0.1) is 4.91 Å². The molecular formula is C7H9N3O. The maximum Gasteiger partial charge on any atom is 0.0811 e. The summed E-state index contributed by atoms with van der Waals surface area (Å²) in [7, 11) is 1.61. The van der Waals surface area contributed by atoms with Crippen molar-refractivity contribution in [1.29, 1.82) is 0 Å². The molecule has 58 valence electrons. The van der Waals surface area contributed by atoms with Gasteiger partial charge in [0.05, 0.1) is 17.5 Å². The molecule has 4 heteroatoms. The maximum atomic E-state index is 9.96. The third-order valence-electron chi connectivity index (χ3n) is 1.26. The van der Waals surface area contributed by atoms with Crippen LogP contribution in [0.3, 0.4) is 0 Å². The molecule has 1 heterocycles. The van der Waals surface area contributed by atoms with Gasteiger partial charge in [-0.3, -0.25) is 9.99 Å². The molecule has 0 unspecified atom stereocenters. The molecule has 0 fully saturated rings. The zero-order chi connectivity index (χ0) is 8.10. The van der Waals surface area contributed by atoms with E-state index in [4.69, 9.17) is 0 Å². The molecule has 1 aromatic rings. The van der Waals surface area contributed by atoms with E-state index in [1.165, 1.54) is 5.01 Å². The fraction of sp³-hybridized carbons (Fsp3) is 0.286. The minimum Gasteiger partial charge on any atom is -0.259 e. The highest BCUT2D eigenvalue weighted by molar-refractivity contribution is 5.02. The van der Waals surface area contributed by atoms with E-state index in [9.17, 15) is 4.91 Å². The summed E-state index contributed by atoms with van der Waals surface area (Å²) in [4.78, 5) is 14.0. The van der Waals surface area contributed by atoms with Gasteiger partial charge in [0, 0.05) is 13.2 Å². The molecule has 0 amide bonds. The first-order valence-electron chi connectivity index (χ1n) is 3.27. The Morgan fingerprint density at radius 2 is 2.45 bits per heavy atom. The molecule has 0 saturated heterocycles. The average Bonchev–Trinajstić information content (AvgIpc) is 2.06. The Morgan fingerprint density at radius 1 is 1.64 bits per heavy atom. The highest BCUT2D eigenvalue weighted by Crippen LogP contribution is 1.97. The fourth-order valence-corrected chi connectivity index (χ4v) is 0.755. The van der Waals surface area contributed by atoms with E-state index < -0.39 is 0 Å². The smallest absolute Gasteiger partial charge is 0.0811 e. The van der Waals surface area contributed by atoms with Crippen molar-refractivity contribution in [3.63, 3.8) is 0 Å². The van der Waals surface area contributed by atoms with Crippen molar-refractivity contribution in [2.75, 3.05) is 7.05 Å². The predicted octanol–water partition coefficient (Wildman–Crippen LogP) is 1.19. The molecule has 0 spiro atoms. The molecule has 0 aliphatic heterocycles. The van der Waals surface area contributed by atoms with Gasteiger partial charge in [-0.2, -0.15) is 0 Å². The van der Waals surface area contributed by atoms with Crippen LogP contribution in [0.4, 0.5) is 0 Å². The minimum atomic E-state index is 0.463. The standard InChI is InChI=1S/C7H9N3O/c1-10(9-11)6-7-4-2-3-5-8-7/h2-5H,6H2,1H3. The summed E-state index contributed by atoms with van der Waals surface area (Å²) in [6, 6.07) is 5.56. The molecule has 0 N–H and O–H groups in total. The number of pyridine rings is 1. The largest absolute Gasteiger partial charge is 0.259 e. The van der Waals surface area contributed by atoms with Crippen molar-refractivity contribution < 1.29 is 0 Å². The highest BCUT2D eigenvalue weighted by Gasteiger charge is 1.96. The van der Waals surface area contributed by atoms with Gasteiger partial charge in [0.15, 0.2) is 0 Å². The number of aromatic nitrogens is 1. The molecule has 0 saturated carbocycles. The lowest BCUT2D eigenvalue weighted by atomic mass is 10.3. The Kier molecular flexibility index (Phi) is 2.54. The Hall–Kier alpha value is -1.45. The minimum absolute atomic E-state index is 0.463. The second-order valence-electron chi connectivity index (χ2n) is 2.22. The summed E-state index contributed by atoms with van der Waals surface area (Å²) in [6.45, 7) is 0.463. The number of nitrogens with zero attached hydrogens (tertiary/aromatic N) is 3. The van der Waals surface area contributed by atoms with Crippen LogP contribution in [0.1, 0.15) is 5.69 Å². The van der Waals surface area contributed by atoms with Crippen LogP contribution in [-0.2, 0) is 6.54 Å². The first kappa shape index (κ1) is 7.65. The number of hydrogen-bond acceptors (Lipinski definition) is 3. The zero-order valence-electron chi connectivity index (χ0n) is 6.27. The fourth-order valence-electron chi connectivity index (χ4n) is 0.755. The molecular weight excluding hydrogens is 142 g/mol. The average molecular weight is 151 g/mol. The van der Waals surface area contributed by atoms with E-state index in [0.29, 0.717) is 6.54 Å². The summed E-state index contributed by atoms with van der Waals surface area (Å²) in [5.41, 5.74) is 0.842. The Balaban J connectivity index is 2.57.